The highest BCUT2D eigenvalue weighted by molar-refractivity contribution is 5.76. The predicted molar refractivity (Wildman–Crippen MR) is 107 cm³/mol. The molecule has 1 heterocycles. The van der Waals surface area contributed by atoms with Crippen molar-refractivity contribution < 1.29 is 41.3 Å². The maximum absolute atomic E-state index is 14.0. The van der Waals surface area contributed by atoms with Gasteiger partial charge in [-0.3, -0.25) is 0 Å². The lowest BCUT2D eigenvalue weighted by Gasteiger charge is -2.37. The highest BCUT2D eigenvalue weighted by Gasteiger charge is 2.35. The number of hydrogen-bond donors (Lipinski definition) is 0. The molecule has 2 fully saturated rings. The fraction of sp³-hybridized carbons (Fsp3) is 0.609. The van der Waals surface area contributed by atoms with Crippen molar-refractivity contribution in [3.63, 3.8) is 0 Å². The summed E-state index contributed by atoms with van der Waals surface area (Å²) >= 11 is 0. The summed E-state index contributed by atoms with van der Waals surface area (Å²) in [6.07, 6.45) is 3.82. The summed E-state index contributed by atoms with van der Waals surface area (Å²) < 4.78 is 72.7. The second-order valence-electron chi connectivity index (χ2n) is 8.25. The highest BCUT2D eigenvalue weighted by Crippen LogP contribution is 2.37. The van der Waals surface area contributed by atoms with Crippen molar-refractivity contribution in [2.45, 2.75) is 58.2 Å². The van der Waals surface area contributed by atoms with Crippen LogP contribution in [0.15, 0.2) is 24.5 Å². The Labute approximate surface area is 184 Å². The van der Waals surface area contributed by atoms with Crippen LogP contribution in [0.2, 0.25) is 0 Å². The minimum Gasteiger partial charge on any atom is -0.459 e. The van der Waals surface area contributed by atoms with Crippen molar-refractivity contribution >= 4 is 5.97 Å². The van der Waals surface area contributed by atoms with E-state index in [-0.39, 0.29) is 5.92 Å². The number of rotatable bonds is 8. The monoisotopic (exact) mass is 460 g/mol. The third-order valence-electron chi connectivity index (χ3n) is 5.97. The van der Waals surface area contributed by atoms with Crippen LogP contribution >= 0.6 is 0 Å². The highest BCUT2D eigenvalue weighted by atomic mass is 19.3. The molecule has 0 unspecified atom stereocenters. The van der Waals surface area contributed by atoms with E-state index in [0.29, 0.717) is 43.6 Å². The van der Waals surface area contributed by atoms with E-state index < -0.39 is 41.8 Å². The molecule has 2 aliphatic rings. The summed E-state index contributed by atoms with van der Waals surface area (Å²) in [5.41, 5.74) is 0. The summed E-state index contributed by atoms with van der Waals surface area (Å²) in [4.78, 5) is 12.3. The van der Waals surface area contributed by atoms with Gasteiger partial charge in [-0.2, -0.15) is 0 Å². The van der Waals surface area contributed by atoms with Gasteiger partial charge in [-0.05, 0) is 24.7 Å². The van der Waals surface area contributed by atoms with Crippen molar-refractivity contribution in [3.05, 3.63) is 36.1 Å². The number of allylic oxidation sites excluding steroid dienone is 1. The molecule has 1 aromatic rings. The predicted octanol–water partition coefficient (Wildman–Crippen LogP) is 5.62. The van der Waals surface area contributed by atoms with Crippen molar-refractivity contribution in [1.82, 2.24) is 0 Å². The average molecular weight is 460 g/mol. The molecular formula is C23H28F4O5. The van der Waals surface area contributed by atoms with E-state index in [1.165, 1.54) is 25.7 Å². The summed E-state index contributed by atoms with van der Waals surface area (Å²) in [6, 6.07) is 1.43. The zero-order chi connectivity index (χ0) is 23.1. The van der Waals surface area contributed by atoms with E-state index in [1.54, 1.807) is 0 Å². The van der Waals surface area contributed by atoms with Crippen molar-refractivity contribution in [2.24, 2.45) is 17.8 Å². The van der Waals surface area contributed by atoms with Gasteiger partial charge in [0.2, 0.25) is 0 Å². The summed E-state index contributed by atoms with van der Waals surface area (Å²) in [5.74, 6) is -3.17. The van der Waals surface area contributed by atoms with E-state index in [4.69, 9.17) is 14.2 Å². The molecule has 0 spiro atoms. The molecule has 0 N–H and O–H groups in total. The minimum absolute atomic E-state index is 0.203. The molecule has 0 atom stereocenters. The molecule has 5 nitrogen and oxygen atoms in total. The molecule has 1 saturated heterocycles. The fourth-order valence-corrected chi connectivity index (χ4v) is 4.32. The van der Waals surface area contributed by atoms with Crippen LogP contribution in [0.5, 0.6) is 11.5 Å². The summed E-state index contributed by atoms with van der Waals surface area (Å²) in [7, 11) is 0. The number of alkyl halides is 2. The normalized spacial score (nSPS) is 26.4. The molecule has 1 saturated carbocycles. The van der Waals surface area contributed by atoms with Crippen LogP contribution in [-0.4, -0.2) is 31.9 Å². The van der Waals surface area contributed by atoms with Gasteiger partial charge in [-0.25, -0.2) is 22.4 Å². The summed E-state index contributed by atoms with van der Waals surface area (Å²) in [6.45, 7) is 2.91. The first-order valence-corrected chi connectivity index (χ1v) is 10.9. The molecule has 0 aromatic heterocycles. The van der Waals surface area contributed by atoms with Crippen molar-refractivity contribution in [1.29, 1.82) is 0 Å². The maximum atomic E-state index is 14.0. The van der Waals surface area contributed by atoms with Crippen LogP contribution in [0.3, 0.4) is 0 Å². The Morgan fingerprint density at radius 1 is 1.09 bits per heavy atom. The SMILES string of the molecule is CCCC1CCC(C2COC(C(=O)Oc3cc(F)c(OC=CC(F)F)c(F)c3)OC2)CC1. The zero-order valence-electron chi connectivity index (χ0n) is 17.9. The molecule has 0 bridgehead atoms. The number of halogens is 4. The molecule has 0 radical (unpaired) electrons. The molecule has 1 aliphatic carbocycles. The number of ether oxygens (including phenoxy) is 4. The Bertz CT molecular complexity index is 762. The number of hydrogen-bond acceptors (Lipinski definition) is 5. The van der Waals surface area contributed by atoms with E-state index >= 15 is 0 Å². The van der Waals surface area contributed by atoms with Gasteiger partial charge in [-0.15, -0.1) is 0 Å². The van der Waals surface area contributed by atoms with Crippen LogP contribution in [-0.2, 0) is 14.3 Å². The van der Waals surface area contributed by atoms with Gasteiger partial charge < -0.3 is 18.9 Å². The van der Waals surface area contributed by atoms with Gasteiger partial charge in [0.05, 0.1) is 19.5 Å². The van der Waals surface area contributed by atoms with Crippen LogP contribution in [0, 0.1) is 29.4 Å². The molecule has 178 valence electrons. The molecule has 1 aromatic carbocycles. The topological polar surface area (TPSA) is 54.0 Å². The number of esters is 1. The fourth-order valence-electron chi connectivity index (χ4n) is 4.32. The van der Waals surface area contributed by atoms with Crippen LogP contribution in [0.25, 0.3) is 0 Å². The van der Waals surface area contributed by atoms with Crippen LogP contribution in [0.4, 0.5) is 17.6 Å². The Morgan fingerprint density at radius 3 is 2.28 bits per heavy atom. The van der Waals surface area contributed by atoms with E-state index in [2.05, 4.69) is 11.7 Å². The summed E-state index contributed by atoms with van der Waals surface area (Å²) in [5, 5.41) is 0. The second-order valence-corrected chi connectivity index (χ2v) is 8.25. The smallest absolute Gasteiger partial charge is 0.368 e. The van der Waals surface area contributed by atoms with Gasteiger partial charge in [0.1, 0.15) is 5.75 Å². The maximum Gasteiger partial charge on any atom is 0.368 e. The first kappa shape index (κ1) is 24.5. The third kappa shape index (κ3) is 6.68. The van der Waals surface area contributed by atoms with Crippen LogP contribution < -0.4 is 9.47 Å². The van der Waals surface area contributed by atoms with E-state index in [1.807, 2.05) is 0 Å². The zero-order valence-corrected chi connectivity index (χ0v) is 17.9. The van der Waals surface area contributed by atoms with E-state index in [0.717, 1.165) is 18.8 Å². The number of carbonyl (C=O) groups is 1. The van der Waals surface area contributed by atoms with Crippen molar-refractivity contribution in [2.75, 3.05) is 13.2 Å². The van der Waals surface area contributed by atoms with Gasteiger partial charge >= 0.3 is 5.97 Å². The Morgan fingerprint density at radius 2 is 1.72 bits per heavy atom. The van der Waals surface area contributed by atoms with Gasteiger partial charge in [0.25, 0.3) is 12.7 Å². The first-order valence-electron chi connectivity index (χ1n) is 10.9. The molecule has 1 aliphatic heterocycles. The van der Waals surface area contributed by atoms with Crippen molar-refractivity contribution in [3.8, 4) is 11.5 Å². The van der Waals surface area contributed by atoms with Gasteiger partial charge in [0, 0.05) is 24.1 Å². The Kier molecular flexibility index (Phi) is 8.92. The van der Waals surface area contributed by atoms with Gasteiger partial charge in [0.15, 0.2) is 17.4 Å². The molecule has 0 amide bonds. The number of carbonyl (C=O) groups excluding carboxylic acids is 1. The van der Waals surface area contributed by atoms with E-state index in [9.17, 15) is 22.4 Å². The van der Waals surface area contributed by atoms with Crippen LogP contribution in [0.1, 0.15) is 45.4 Å². The molecule has 9 heteroatoms. The standard InChI is InChI=1S/C23H28F4O5/c1-2-3-14-4-6-15(7-5-14)16-12-30-23(31-13-16)22(28)32-17-10-18(24)21(19(25)11-17)29-9-8-20(26)27/h8-11,14-16,20,23H,2-7,12-13H2,1H3. The molecule has 3 rings (SSSR count). The largest absolute Gasteiger partial charge is 0.459 e. The quantitative estimate of drug-likeness (QED) is 0.218. The Balaban J connectivity index is 1.49. The lowest BCUT2D eigenvalue weighted by atomic mass is 9.75. The minimum atomic E-state index is -2.83. The third-order valence-corrected chi connectivity index (χ3v) is 5.97. The van der Waals surface area contributed by atoms with Gasteiger partial charge in [-0.1, -0.05) is 32.6 Å². The lowest BCUT2D eigenvalue weighted by Crippen LogP contribution is -2.42. The Hall–Kier alpha value is -2.13. The molecular weight excluding hydrogens is 432 g/mol. The average Bonchev–Trinajstić information content (AvgIpc) is 2.76. The molecule has 32 heavy (non-hydrogen) atoms. The second kappa shape index (κ2) is 11.7. The lowest BCUT2D eigenvalue weighted by molar-refractivity contribution is -0.220. The number of benzene rings is 1. The first-order chi connectivity index (χ1) is 15.4.